The second-order valence-electron chi connectivity index (χ2n) is 2.00. The van der Waals surface area contributed by atoms with E-state index in [1.54, 1.807) is 11.3 Å². The van der Waals surface area contributed by atoms with E-state index in [1.807, 2.05) is 5.38 Å². The highest BCUT2D eigenvalue weighted by atomic mass is 35.5. The average Bonchev–Trinajstić information content (AvgIpc) is 2.31. The zero-order valence-corrected chi connectivity index (χ0v) is 7.43. The molecule has 0 fully saturated rings. The van der Waals surface area contributed by atoms with E-state index < -0.39 is 0 Å². The SMILES string of the molecule is CCNCc1ccsc1Cl. The molecule has 1 nitrogen and oxygen atoms in total. The van der Waals surface area contributed by atoms with Gasteiger partial charge in [-0.15, -0.1) is 11.3 Å². The van der Waals surface area contributed by atoms with Gasteiger partial charge in [0.15, 0.2) is 0 Å². The highest BCUT2D eigenvalue weighted by Crippen LogP contribution is 2.21. The van der Waals surface area contributed by atoms with Gasteiger partial charge in [0.05, 0.1) is 4.34 Å². The summed E-state index contributed by atoms with van der Waals surface area (Å²) in [5.41, 5.74) is 1.20. The Balaban J connectivity index is 2.49. The molecule has 1 aromatic rings. The van der Waals surface area contributed by atoms with Crippen molar-refractivity contribution < 1.29 is 0 Å². The van der Waals surface area contributed by atoms with Crippen LogP contribution in [0.15, 0.2) is 11.4 Å². The first-order valence-corrected chi connectivity index (χ1v) is 4.53. The molecule has 56 valence electrons. The number of hydrogen-bond acceptors (Lipinski definition) is 2. The fourth-order valence-corrected chi connectivity index (χ4v) is 1.63. The molecule has 1 N–H and O–H groups in total. The Morgan fingerprint density at radius 2 is 2.50 bits per heavy atom. The third-order valence-electron chi connectivity index (χ3n) is 1.26. The Labute approximate surface area is 70.0 Å². The van der Waals surface area contributed by atoms with Gasteiger partial charge in [-0.1, -0.05) is 18.5 Å². The van der Waals surface area contributed by atoms with E-state index in [0.717, 1.165) is 17.4 Å². The number of thiophene rings is 1. The minimum absolute atomic E-state index is 0.888. The van der Waals surface area contributed by atoms with Gasteiger partial charge in [-0.25, -0.2) is 0 Å². The topological polar surface area (TPSA) is 12.0 Å². The Hall–Kier alpha value is -0.0500. The first-order valence-electron chi connectivity index (χ1n) is 3.27. The van der Waals surface area contributed by atoms with Crippen LogP contribution >= 0.6 is 22.9 Å². The van der Waals surface area contributed by atoms with Gasteiger partial charge < -0.3 is 5.32 Å². The van der Waals surface area contributed by atoms with Crippen LogP contribution in [0, 0.1) is 0 Å². The molecule has 0 amide bonds. The van der Waals surface area contributed by atoms with E-state index in [9.17, 15) is 0 Å². The van der Waals surface area contributed by atoms with Gasteiger partial charge in [0.2, 0.25) is 0 Å². The molecule has 10 heavy (non-hydrogen) atoms. The van der Waals surface area contributed by atoms with Gasteiger partial charge in [0, 0.05) is 6.54 Å². The monoisotopic (exact) mass is 175 g/mol. The predicted octanol–water partition coefficient (Wildman–Crippen LogP) is 2.51. The van der Waals surface area contributed by atoms with E-state index in [-0.39, 0.29) is 0 Å². The summed E-state index contributed by atoms with van der Waals surface area (Å²) in [4.78, 5) is 0. The van der Waals surface area contributed by atoms with Gasteiger partial charge >= 0.3 is 0 Å². The Morgan fingerprint density at radius 1 is 1.70 bits per heavy atom. The van der Waals surface area contributed by atoms with E-state index in [2.05, 4.69) is 18.3 Å². The predicted molar refractivity (Wildman–Crippen MR) is 46.7 cm³/mol. The minimum Gasteiger partial charge on any atom is -0.313 e. The third-order valence-corrected chi connectivity index (χ3v) is 2.51. The van der Waals surface area contributed by atoms with Crippen molar-refractivity contribution in [2.45, 2.75) is 13.5 Å². The number of halogens is 1. The smallest absolute Gasteiger partial charge is 0.0973 e. The second-order valence-corrected chi connectivity index (χ2v) is 3.52. The van der Waals surface area contributed by atoms with Crippen molar-refractivity contribution in [3.05, 3.63) is 21.3 Å². The molecule has 0 aromatic carbocycles. The van der Waals surface area contributed by atoms with Crippen molar-refractivity contribution in [1.29, 1.82) is 0 Å². The lowest BCUT2D eigenvalue weighted by atomic mass is 10.3. The summed E-state index contributed by atoms with van der Waals surface area (Å²) in [5, 5.41) is 5.22. The van der Waals surface area contributed by atoms with Crippen LogP contribution < -0.4 is 5.32 Å². The van der Waals surface area contributed by atoms with Crippen molar-refractivity contribution >= 4 is 22.9 Å². The van der Waals surface area contributed by atoms with Gasteiger partial charge in [-0.2, -0.15) is 0 Å². The van der Waals surface area contributed by atoms with Gasteiger partial charge in [-0.05, 0) is 23.6 Å². The lowest BCUT2D eigenvalue weighted by molar-refractivity contribution is 0.729. The van der Waals surface area contributed by atoms with Crippen molar-refractivity contribution in [3.63, 3.8) is 0 Å². The normalized spacial score (nSPS) is 10.2. The molecular formula is C7H10ClNS. The summed E-state index contributed by atoms with van der Waals surface area (Å²) >= 11 is 7.43. The van der Waals surface area contributed by atoms with E-state index >= 15 is 0 Å². The van der Waals surface area contributed by atoms with Crippen LogP contribution in [0.3, 0.4) is 0 Å². The summed E-state index contributed by atoms with van der Waals surface area (Å²) in [6.45, 7) is 3.96. The third kappa shape index (κ3) is 1.97. The molecule has 0 radical (unpaired) electrons. The van der Waals surface area contributed by atoms with Crippen LogP contribution in [0.25, 0.3) is 0 Å². The highest BCUT2D eigenvalue weighted by Gasteiger charge is 1.98. The Kier molecular flexibility index (Phi) is 3.19. The summed E-state index contributed by atoms with van der Waals surface area (Å²) in [5.74, 6) is 0. The average molecular weight is 176 g/mol. The van der Waals surface area contributed by atoms with E-state index in [0.29, 0.717) is 0 Å². The molecule has 3 heteroatoms. The second kappa shape index (κ2) is 3.96. The number of rotatable bonds is 3. The fraction of sp³-hybridized carbons (Fsp3) is 0.429. The molecule has 0 bridgehead atoms. The van der Waals surface area contributed by atoms with Gasteiger partial charge in [-0.3, -0.25) is 0 Å². The maximum Gasteiger partial charge on any atom is 0.0973 e. The lowest BCUT2D eigenvalue weighted by Crippen LogP contribution is -2.11. The molecule has 0 saturated heterocycles. The van der Waals surface area contributed by atoms with Crippen LogP contribution in [-0.4, -0.2) is 6.54 Å². The molecule has 0 unspecified atom stereocenters. The summed E-state index contributed by atoms with van der Waals surface area (Å²) in [6.07, 6.45) is 0. The highest BCUT2D eigenvalue weighted by molar-refractivity contribution is 7.14. The lowest BCUT2D eigenvalue weighted by Gasteiger charge is -1.97. The van der Waals surface area contributed by atoms with Crippen LogP contribution in [0.2, 0.25) is 4.34 Å². The van der Waals surface area contributed by atoms with Crippen molar-refractivity contribution in [2.75, 3.05) is 6.54 Å². The zero-order chi connectivity index (χ0) is 7.40. The largest absolute Gasteiger partial charge is 0.313 e. The molecule has 0 aliphatic heterocycles. The maximum atomic E-state index is 5.85. The first-order chi connectivity index (χ1) is 4.84. The standard InChI is InChI=1S/C7H10ClNS/c1-2-9-5-6-3-4-10-7(6)8/h3-4,9H,2,5H2,1H3. The summed E-state index contributed by atoms with van der Waals surface area (Å²) < 4.78 is 0.904. The molecule has 1 heterocycles. The van der Waals surface area contributed by atoms with Gasteiger partial charge in [0.1, 0.15) is 0 Å². The molecule has 0 atom stereocenters. The Morgan fingerprint density at radius 3 is 3.00 bits per heavy atom. The summed E-state index contributed by atoms with van der Waals surface area (Å²) in [6, 6.07) is 2.05. The minimum atomic E-state index is 0.888. The number of nitrogens with one attached hydrogen (secondary N) is 1. The van der Waals surface area contributed by atoms with Crippen LogP contribution in [0.4, 0.5) is 0 Å². The fourth-order valence-electron chi connectivity index (χ4n) is 0.705. The summed E-state index contributed by atoms with van der Waals surface area (Å²) in [7, 11) is 0. The zero-order valence-electron chi connectivity index (χ0n) is 5.86. The van der Waals surface area contributed by atoms with Crippen molar-refractivity contribution in [3.8, 4) is 0 Å². The first kappa shape index (κ1) is 8.05. The molecule has 0 saturated carbocycles. The Bertz CT molecular complexity index is 197. The number of hydrogen-bond donors (Lipinski definition) is 1. The van der Waals surface area contributed by atoms with Crippen molar-refractivity contribution in [1.82, 2.24) is 5.32 Å². The molecular weight excluding hydrogens is 166 g/mol. The quantitative estimate of drug-likeness (QED) is 0.745. The molecule has 0 spiro atoms. The van der Waals surface area contributed by atoms with Crippen LogP contribution in [0.1, 0.15) is 12.5 Å². The maximum absolute atomic E-state index is 5.85. The molecule has 1 aromatic heterocycles. The van der Waals surface area contributed by atoms with E-state index in [1.165, 1.54) is 5.56 Å². The van der Waals surface area contributed by atoms with E-state index in [4.69, 9.17) is 11.6 Å². The molecule has 0 aliphatic rings. The van der Waals surface area contributed by atoms with Gasteiger partial charge in [0.25, 0.3) is 0 Å². The van der Waals surface area contributed by atoms with Crippen LogP contribution in [-0.2, 0) is 6.54 Å². The van der Waals surface area contributed by atoms with Crippen molar-refractivity contribution in [2.24, 2.45) is 0 Å². The molecule has 0 aliphatic carbocycles. The van der Waals surface area contributed by atoms with Crippen LogP contribution in [0.5, 0.6) is 0 Å². The molecule has 1 rings (SSSR count).